The highest BCUT2D eigenvalue weighted by atomic mass is 14.5. The van der Waals surface area contributed by atoms with Crippen LogP contribution in [0.3, 0.4) is 0 Å². The highest BCUT2D eigenvalue weighted by molar-refractivity contribution is 5.19. The molecule has 90 valence electrons. The summed E-state index contributed by atoms with van der Waals surface area (Å²) in [5.74, 6) is 1.91. The largest absolute Gasteiger partial charge is 0.103 e. The van der Waals surface area contributed by atoms with E-state index in [0.717, 1.165) is 11.8 Å². The Morgan fingerprint density at radius 2 is 1.87 bits per heavy atom. The maximum absolute atomic E-state index is 3.36. The minimum Gasteiger partial charge on any atom is -0.103 e. The van der Waals surface area contributed by atoms with Crippen LogP contribution in [0.15, 0.2) is 24.3 Å². The summed E-state index contributed by atoms with van der Waals surface area (Å²) in [6.45, 7) is 12.3. The molecule has 0 heteroatoms. The van der Waals surface area contributed by atoms with E-state index in [1.807, 2.05) is 6.92 Å². The van der Waals surface area contributed by atoms with E-state index in [4.69, 9.17) is 0 Å². The van der Waals surface area contributed by atoms with E-state index in [9.17, 15) is 0 Å². The van der Waals surface area contributed by atoms with Gasteiger partial charge in [-0.25, -0.2) is 0 Å². The minimum atomic E-state index is 0. The van der Waals surface area contributed by atoms with Crippen LogP contribution in [0.1, 0.15) is 55.4 Å². The van der Waals surface area contributed by atoms with Crippen LogP contribution >= 0.6 is 0 Å². The zero-order valence-corrected chi connectivity index (χ0v) is 9.43. The third-order valence-corrected chi connectivity index (χ3v) is 3.60. The molecule has 1 fully saturated rings. The summed E-state index contributed by atoms with van der Waals surface area (Å²) in [4.78, 5) is 0. The SMILES string of the molecule is C.C.C=CC.CC1=CC2CC(C1)C2(C)C. The summed E-state index contributed by atoms with van der Waals surface area (Å²) in [6, 6.07) is 0. The molecule has 0 aromatic heterocycles. The Hall–Kier alpha value is -0.520. The minimum absolute atomic E-state index is 0. The van der Waals surface area contributed by atoms with Gasteiger partial charge in [0, 0.05) is 0 Å². The van der Waals surface area contributed by atoms with Crippen LogP contribution in [-0.4, -0.2) is 0 Å². The third kappa shape index (κ3) is 3.22. The van der Waals surface area contributed by atoms with Gasteiger partial charge in [0.1, 0.15) is 0 Å². The zero-order chi connectivity index (χ0) is 10.1. The van der Waals surface area contributed by atoms with Gasteiger partial charge in [0.15, 0.2) is 0 Å². The predicted octanol–water partition coefficient (Wildman–Crippen LogP) is 5.46. The van der Waals surface area contributed by atoms with E-state index in [2.05, 4.69) is 33.4 Å². The van der Waals surface area contributed by atoms with Crippen molar-refractivity contribution in [1.29, 1.82) is 0 Å². The van der Waals surface area contributed by atoms with E-state index < -0.39 is 0 Å². The Morgan fingerprint density at radius 1 is 1.40 bits per heavy atom. The first kappa shape index (κ1) is 16.9. The van der Waals surface area contributed by atoms with E-state index in [1.165, 1.54) is 12.8 Å². The van der Waals surface area contributed by atoms with Crippen LogP contribution in [0, 0.1) is 17.3 Å². The number of allylic oxidation sites excluding steroid dienone is 3. The van der Waals surface area contributed by atoms with Crippen molar-refractivity contribution < 1.29 is 0 Å². The van der Waals surface area contributed by atoms with Crippen LogP contribution in [0.4, 0.5) is 0 Å². The van der Waals surface area contributed by atoms with Crippen molar-refractivity contribution in [2.24, 2.45) is 17.3 Å². The molecular formula is C15H30. The average molecular weight is 210 g/mol. The van der Waals surface area contributed by atoms with Gasteiger partial charge in [0.2, 0.25) is 0 Å². The first-order valence-corrected chi connectivity index (χ1v) is 5.26. The monoisotopic (exact) mass is 210 g/mol. The van der Waals surface area contributed by atoms with Crippen molar-refractivity contribution in [3.8, 4) is 0 Å². The summed E-state index contributed by atoms with van der Waals surface area (Å²) in [5, 5.41) is 0. The van der Waals surface area contributed by atoms with Crippen molar-refractivity contribution in [2.75, 3.05) is 0 Å². The number of hydrogen-bond acceptors (Lipinski definition) is 0. The molecule has 1 saturated carbocycles. The number of hydrogen-bond donors (Lipinski definition) is 0. The molecule has 0 saturated heterocycles. The Labute approximate surface area is 97.5 Å². The molecular weight excluding hydrogens is 180 g/mol. The molecule has 15 heavy (non-hydrogen) atoms. The van der Waals surface area contributed by atoms with Crippen LogP contribution < -0.4 is 0 Å². The van der Waals surface area contributed by atoms with Gasteiger partial charge >= 0.3 is 0 Å². The molecule has 3 aliphatic carbocycles. The molecule has 0 aromatic carbocycles. The van der Waals surface area contributed by atoms with Crippen LogP contribution in [0.2, 0.25) is 0 Å². The van der Waals surface area contributed by atoms with Gasteiger partial charge in [-0.2, -0.15) is 0 Å². The Morgan fingerprint density at radius 3 is 2.07 bits per heavy atom. The van der Waals surface area contributed by atoms with Crippen LogP contribution in [0.5, 0.6) is 0 Å². The predicted molar refractivity (Wildman–Crippen MR) is 73.1 cm³/mol. The number of fused-ring (bicyclic) bond motifs is 1. The van der Waals surface area contributed by atoms with Gasteiger partial charge in [-0.15, -0.1) is 6.58 Å². The summed E-state index contributed by atoms with van der Waals surface area (Å²) < 4.78 is 0. The fourth-order valence-corrected chi connectivity index (χ4v) is 2.49. The maximum Gasteiger partial charge on any atom is -0.0174 e. The van der Waals surface area contributed by atoms with Gasteiger partial charge in [0.25, 0.3) is 0 Å². The van der Waals surface area contributed by atoms with Crippen molar-refractivity contribution in [3.63, 3.8) is 0 Å². The maximum atomic E-state index is 3.36. The topological polar surface area (TPSA) is 0 Å². The second-order valence-corrected chi connectivity index (χ2v) is 4.99. The van der Waals surface area contributed by atoms with Crippen molar-refractivity contribution in [1.82, 2.24) is 0 Å². The normalized spacial score (nSPS) is 28.9. The van der Waals surface area contributed by atoms with Crippen molar-refractivity contribution in [3.05, 3.63) is 24.3 Å². The molecule has 0 amide bonds. The molecule has 2 unspecified atom stereocenters. The van der Waals surface area contributed by atoms with E-state index in [0.29, 0.717) is 5.41 Å². The molecule has 0 aromatic rings. The second-order valence-electron chi connectivity index (χ2n) is 4.99. The van der Waals surface area contributed by atoms with E-state index in [1.54, 1.807) is 11.6 Å². The molecule has 2 bridgehead atoms. The molecule has 0 aliphatic heterocycles. The van der Waals surface area contributed by atoms with Gasteiger partial charge in [-0.05, 0) is 43.9 Å². The highest BCUT2D eigenvalue weighted by Crippen LogP contribution is 2.57. The van der Waals surface area contributed by atoms with Gasteiger partial charge < -0.3 is 0 Å². The highest BCUT2D eigenvalue weighted by Gasteiger charge is 2.48. The zero-order valence-electron chi connectivity index (χ0n) is 9.43. The van der Waals surface area contributed by atoms with Crippen LogP contribution in [-0.2, 0) is 0 Å². The van der Waals surface area contributed by atoms with Crippen molar-refractivity contribution in [2.45, 2.75) is 55.4 Å². The van der Waals surface area contributed by atoms with E-state index in [-0.39, 0.29) is 14.9 Å². The summed E-state index contributed by atoms with van der Waals surface area (Å²) in [5.41, 5.74) is 2.26. The quantitative estimate of drug-likeness (QED) is 0.465. The number of rotatable bonds is 0. The first-order valence-electron chi connectivity index (χ1n) is 5.26. The lowest BCUT2D eigenvalue weighted by Crippen LogP contribution is -2.46. The van der Waals surface area contributed by atoms with Gasteiger partial charge in [0.05, 0.1) is 0 Å². The molecule has 0 radical (unpaired) electrons. The molecule has 0 nitrogen and oxygen atoms in total. The lowest BCUT2D eigenvalue weighted by Gasteiger charge is -2.55. The fraction of sp³-hybridized carbons (Fsp3) is 0.733. The van der Waals surface area contributed by atoms with Gasteiger partial charge in [-0.3, -0.25) is 0 Å². The molecule has 0 N–H and O–H groups in total. The molecule has 0 heterocycles. The lowest BCUT2D eigenvalue weighted by molar-refractivity contribution is -0.000651. The second kappa shape index (κ2) is 6.15. The summed E-state index contributed by atoms with van der Waals surface area (Å²) in [7, 11) is 0. The van der Waals surface area contributed by atoms with Crippen LogP contribution in [0.25, 0.3) is 0 Å². The third-order valence-electron chi connectivity index (χ3n) is 3.60. The Bertz CT molecular complexity index is 220. The summed E-state index contributed by atoms with van der Waals surface area (Å²) in [6.07, 6.45) is 7.06. The fourth-order valence-electron chi connectivity index (χ4n) is 2.49. The lowest BCUT2D eigenvalue weighted by atomic mass is 9.50. The first-order chi connectivity index (χ1) is 6.02. The Kier molecular flexibility index (Phi) is 6.92. The van der Waals surface area contributed by atoms with E-state index >= 15 is 0 Å². The standard InChI is InChI=1S/C10H16.C3H6.2CH4/c1-7-4-8-6-9(5-7)10(8,2)3;1-3-2;;/h4,8-9H,5-6H2,1-3H3;3H,1H2,2H3;2*1H4. The molecule has 3 aliphatic rings. The van der Waals surface area contributed by atoms with Gasteiger partial charge in [-0.1, -0.05) is 46.4 Å². The average Bonchev–Trinajstić information content (AvgIpc) is 2.05. The molecule has 0 spiro atoms. The molecule has 2 atom stereocenters. The smallest absolute Gasteiger partial charge is 0.0174 e. The summed E-state index contributed by atoms with van der Waals surface area (Å²) >= 11 is 0. The molecule has 3 rings (SSSR count). The van der Waals surface area contributed by atoms with Crippen molar-refractivity contribution >= 4 is 0 Å². The Balaban J connectivity index is 0.